The molecule has 0 N–H and O–H groups in total. The monoisotopic (exact) mass is 312 g/mol. The van der Waals surface area contributed by atoms with E-state index in [0.717, 1.165) is 6.07 Å². The molecule has 0 aliphatic carbocycles. The number of ketones is 1. The van der Waals surface area contributed by atoms with Crippen LogP contribution in [-0.4, -0.2) is 5.78 Å². The van der Waals surface area contributed by atoms with Crippen LogP contribution in [0.25, 0.3) is 0 Å². The number of benzene rings is 1. The van der Waals surface area contributed by atoms with Crippen molar-refractivity contribution in [2.45, 2.75) is 22.8 Å². The molecule has 0 fully saturated rings. The lowest BCUT2D eigenvalue weighted by Gasteiger charge is -2.17. The van der Waals surface area contributed by atoms with Gasteiger partial charge in [0.2, 0.25) is 0 Å². The van der Waals surface area contributed by atoms with Gasteiger partial charge in [0.25, 0.3) is 0 Å². The minimum atomic E-state index is -4.49. The van der Waals surface area contributed by atoms with Crippen LogP contribution < -0.4 is 0 Å². The number of hydrogen-bond acceptors (Lipinski definition) is 2. The van der Waals surface area contributed by atoms with E-state index in [0.29, 0.717) is 0 Å². The predicted octanol–water partition coefficient (Wildman–Crippen LogP) is 4.02. The second-order valence-electron chi connectivity index (χ2n) is 3.21. The Balaban J connectivity index is 3.41. The van der Waals surface area contributed by atoms with E-state index < -0.39 is 22.4 Å². The normalized spacial score (nSPS) is 13.6. The minimum absolute atomic E-state index is 0.133. The number of rotatable bonds is 2. The molecule has 16 heavy (non-hydrogen) atoms. The van der Waals surface area contributed by atoms with E-state index in [2.05, 4.69) is 28.6 Å². The van der Waals surface area contributed by atoms with Gasteiger partial charge in [-0.3, -0.25) is 4.79 Å². The first-order valence-corrected chi connectivity index (χ1v) is 5.65. The van der Waals surface area contributed by atoms with Gasteiger partial charge in [0.1, 0.15) is 5.78 Å². The van der Waals surface area contributed by atoms with E-state index in [1.807, 2.05) is 0 Å². The fourth-order valence-electron chi connectivity index (χ4n) is 1.27. The standard InChI is InChI=1S/C10H8BrF3OS/c1-5(15)9(11)8-6(10(12,13)14)3-2-4-7(8)16/h2-4,9,16H,1H3. The molecule has 0 bridgehead atoms. The van der Waals surface area contributed by atoms with Crippen LogP contribution in [0.4, 0.5) is 13.2 Å². The van der Waals surface area contributed by atoms with Crippen LogP contribution in [0, 0.1) is 0 Å². The molecule has 1 rings (SSSR count). The number of alkyl halides is 4. The van der Waals surface area contributed by atoms with Gasteiger partial charge in [0, 0.05) is 4.90 Å². The summed E-state index contributed by atoms with van der Waals surface area (Å²) in [6.45, 7) is 1.22. The van der Waals surface area contributed by atoms with E-state index in [1.165, 1.54) is 19.1 Å². The molecule has 0 spiro atoms. The molecule has 0 heterocycles. The Hall–Kier alpha value is -0.490. The van der Waals surface area contributed by atoms with Gasteiger partial charge in [-0.15, -0.1) is 12.6 Å². The Morgan fingerprint density at radius 2 is 2.00 bits per heavy atom. The highest BCUT2D eigenvalue weighted by Crippen LogP contribution is 2.40. The van der Waals surface area contributed by atoms with Crippen molar-refractivity contribution in [3.8, 4) is 0 Å². The quantitative estimate of drug-likeness (QED) is 0.645. The predicted molar refractivity (Wildman–Crippen MR) is 61.0 cm³/mol. The van der Waals surface area contributed by atoms with Gasteiger partial charge in [-0.25, -0.2) is 0 Å². The smallest absolute Gasteiger partial charge is 0.298 e. The topological polar surface area (TPSA) is 17.1 Å². The Kier molecular flexibility index (Phi) is 4.07. The number of halogens is 4. The van der Waals surface area contributed by atoms with Crippen LogP contribution >= 0.6 is 28.6 Å². The first-order chi connectivity index (χ1) is 7.25. The zero-order chi connectivity index (χ0) is 12.5. The lowest BCUT2D eigenvalue weighted by atomic mass is 10.0. The Bertz CT molecular complexity index is 417. The molecule has 1 aromatic carbocycles. The second kappa shape index (κ2) is 4.79. The highest BCUT2D eigenvalue weighted by atomic mass is 79.9. The molecule has 0 aromatic heterocycles. The molecule has 0 amide bonds. The fourth-order valence-corrected chi connectivity index (χ4v) is 2.28. The maximum Gasteiger partial charge on any atom is 0.416 e. The van der Waals surface area contributed by atoms with E-state index in [4.69, 9.17) is 0 Å². The molecule has 0 radical (unpaired) electrons. The van der Waals surface area contributed by atoms with Crippen LogP contribution in [0.15, 0.2) is 23.1 Å². The Labute approximate surface area is 105 Å². The summed E-state index contributed by atoms with van der Waals surface area (Å²) in [6, 6.07) is 3.62. The molecule has 88 valence electrons. The molecule has 0 aliphatic heterocycles. The van der Waals surface area contributed by atoms with Crippen molar-refractivity contribution in [1.82, 2.24) is 0 Å². The first-order valence-electron chi connectivity index (χ1n) is 4.28. The van der Waals surface area contributed by atoms with Crippen molar-refractivity contribution >= 4 is 34.3 Å². The van der Waals surface area contributed by atoms with Gasteiger partial charge in [-0.1, -0.05) is 22.0 Å². The number of hydrogen-bond donors (Lipinski definition) is 1. The number of thiol groups is 1. The van der Waals surface area contributed by atoms with E-state index in [-0.39, 0.29) is 10.5 Å². The van der Waals surface area contributed by atoms with E-state index in [9.17, 15) is 18.0 Å². The van der Waals surface area contributed by atoms with Crippen molar-refractivity contribution in [1.29, 1.82) is 0 Å². The molecule has 1 atom stereocenters. The van der Waals surface area contributed by atoms with Gasteiger partial charge in [0.15, 0.2) is 0 Å². The van der Waals surface area contributed by atoms with Gasteiger partial charge in [-0.05, 0) is 24.6 Å². The maximum absolute atomic E-state index is 12.7. The average Bonchev–Trinajstić information content (AvgIpc) is 2.14. The van der Waals surface area contributed by atoms with Gasteiger partial charge >= 0.3 is 6.18 Å². The van der Waals surface area contributed by atoms with Crippen LogP contribution in [0.3, 0.4) is 0 Å². The molecular formula is C10H8BrF3OS. The van der Waals surface area contributed by atoms with E-state index >= 15 is 0 Å². The molecule has 6 heteroatoms. The van der Waals surface area contributed by atoms with E-state index in [1.54, 1.807) is 0 Å². The zero-order valence-electron chi connectivity index (χ0n) is 8.18. The summed E-state index contributed by atoms with van der Waals surface area (Å²) >= 11 is 6.90. The van der Waals surface area contributed by atoms with Crippen LogP contribution in [-0.2, 0) is 11.0 Å². The summed E-state index contributed by atoms with van der Waals surface area (Å²) in [6.07, 6.45) is -4.49. The van der Waals surface area contributed by atoms with Crippen LogP contribution in [0.1, 0.15) is 22.9 Å². The second-order valence-corrected chi connectivity index (χ2v) is 4.61. The lowest BCUT2D eigenvalue weighted by molar-refractivity contribution is -0.138. The lowest BCUT2D eigenvalue weighted by Crippen LogP contribution is -2.13. The van der Waals surface area contributed by atoms with Crippen LogP contribution in [0.5, 0.6) is 0 Å². The Morgan fingerprint density at radius 3 is 2.44 bits per heavy atom. The van der Waals surface area contributed by atoms with Crippen LogP contribution in [0.2, 0.25) is 0 Å². The van der Waals surface area contributed by atoms with Gasteiger partial charge in [0.05, 0.1) is 10.4 Å². The first kappa shape index (κ1) is 13.6. The fraction of sp³-hybridized carbons (Fsp3) is 0.300. The summed E-state index contributed by atoms with van der Waals surface area (Å²) in [7, 11) is 0. The van der Waals surface area contributed by atoms with Crippen molar-refractivity contribution in [3.05, 3.63) is 29.3 Å². The SMILES string of the molecule is CC(=O)C(Br)c1c(S)cccc1C(F)(F)F. The molecule has 1 aromatic rings. The zero-order valence-corrected chi connectivity index (χ0v) is 10.7. The Morgan fingerprint density at radius 1 is 1.44 bits per heavy atom. The third-order valence-corrected chi connectivity index (χ3v) is 3.49. The van der Waals surface area contributed by atoms with Crippen molar-refractivity contribution < 1.29 is 18.0 Å². The number of carbonyl (C=O) groups is 1. The van der Waals surface area contributed by atoms with Crippen molar-refractivity contribution in [3.63, 3.8) is 0 Å². The highest BCUT2D eigenvalue weighted by Gasteiger charge is 2.36. The molecule has 0 aliphatic rings. The summed E-state index contributed by atoms with van der Waals surface area (Å²) < 4.78 is 38.1. The summed E-state index contributed by atoms with van der Waals surface area (Å²) in [5.41, 5.74) is -0.970. The maximum atomic E-state index is 12.7. The largest absolute Gasteiger partial charge is 0.416 e. The third-order valence-electron chi connectivity index (χ3n) is 2.00. The number of Topliss-reactive ketones (excluding diaryl/α,β-unsaturated/α-hetero) is 1. The van der Waals surface area contributed by atoms with Gasteiger partial charge in [-0.2, -0.15) is 13.2 Å². The molecule has 1 unspecified atom stereocenters. The average molecular weight is 313 g/mol. The molecule has 1 nitrogen and oxygen atoms in total. The summed E-state index contributed by atoms with van der Waals surface area (Å²) in [5.74, 6) is -0.396. The van der Waals surface area contributed by atoms with Crippen molar-refractivity contribution in [2.24, 2.45) is 0 Å². The van der Waals surface area contributed by atoms with Crippen molar-refractivity contribution in [2.75, 3.05) is 0 Å². The third kappa shape index (κ3) is 2.79. The van der Waals surface area contributed by atoms with Gasteiger partial charge < -0.3 is 0 Å². The molecule has 0 saturated carbocycles. The summed E-state index contributed by atoms with van der Waals surface area (Å²) in [5, 5.41) is 0. The number of carbonyl (C=O) groups excluding carboxylic acids is 1. The highest BCUT2D eigenvalue weighted by molar-refractivity contribution is 9.09. The minimum Gasteiger partial charge on any atom is -0.298 e. The molecule has 0 saturated heterocycles. The summed E-state index contributed by atoms with van der Waals surface area (Å²) in [4.78, 5) is 10.3. The molecular weight excluding hydrogens is 305 g/mol.